The molecule has 0 aliphatic carbocycles. The molecule has 1 aliphatic rings. The number of halogens is 2. The number of carbonyl (C=O) groups excluding carboxylic acids is 1. The highest BCUT2D eigenvalue weighted by atomic mass is 35.5. The fourth-order valence-electron chi connectivity index (χ4n) is 3.51. The van der Waals surface area contributed by atoms with Gasteiger partial charge in [0.1, 0.15) is 0 Å². The van der Waals surface area contributed by atoms with Crippen LogP contribution in [0.5, 0.6) is 0 Å². The van der Waals surface area contributed by atoms with Crippen LogP contribution in [-0.2, 0) is 11.3 Å². The summed E-state index contributed by atoms with van der Waals surface area (Å²) in [5.41, 5.74) is 1.40. The Bertz CT molecular complexity index is 1030. The van der Waals surface area contributed by atoms with Crippen molar-refractivity contribution in [3.05, 3.63) is 64.4 Å². The van der Waals surface area contributed by atoms with Crippen LogP contribution in [0.1, 0.15) is 25.6 Å². The molecule has 0 saturated carbocycles. The molecule has 1 unspecified atom stereocenters. The van der Waals surface area contributed by atoms with Gasteiger partial charge in [-0.2, -0.15) is 0 Å². The Labute approximate surface area is 195 Å². The Hall–Kier alpha value is -2.06. The van der Waals surface area contributed by atoms with Gasteiger partial charge in [0, 0.05) is 5.69 Å². The summed E-state index contributed by atoms with van der Waals surface area (Å²) in [5, 5.41) is 12.8. The highest BCUT2D eigenvalue weighted by Crippen LogP contribution is 2.32. The molecular weight excluding hydrogens is 453 g/mol. The monoisotopic (exact) mass is 475 g/mol. The van der Waals surface area contributed by atoms with Gasteiger partial charge in [-0.3, -0.25) is 14.3 Å². The smallest absolute Gasteiger partial charge is 0.237 e. The molecule has 1 N–H and O–H groups in total. The summed E-state index contributed by atoms with van der Waals surface area (Å²) in [7, 11) is 0. The molecule has 1 aromatic heterocycles. The minimum absolute atomic E-state index is 0.205. The number of anilines is 1. The van der Waals surface area contributed by atoms with E-state index in [1.165, 1.54) is 24.6 Å². The first-order valence-electron chi connectivity index (χ1n) is 10.2. The average Bonchev–Trinajstić information content (AvgIpc) is 3.42. The molecule has 1 aliphatic heterocycles. The van der Waals surface area contributed by atoms with Crippen LogP contribution in [0.4, 0.5) is 5.69 Å². The highest BCUT2D eigenvalue weighted by molar-refractivity contribution is 8.00. The lowest BCUT2D eigenvalue weighted by molar-refractivity contribution is -0.115. The van der Waals surface area contributed by atoms with E-state index >= 15 is 0 Å². The SMILES string of the molecule is CC(Sc1nnc(CN2CCCC2)n1-c1ccccc1)C(=O)Nc1c(Cl)cccc1Cl. The molecule has 9 heteroatoms. The minimum Gasteiger partial charge on any atom is -0.323 e. The molecule has 1 fully saturated rings. The van der Waals surface area contributed by atoms with E-state index in [4.69, 9.17) is 23.2 Å². The first-order valence-corrected chi connectivity index (χ1v) is 11.8. The van der Waals surface area contributed by atoms with E-state index in [0.717, 1.165) is 31.1 Å². The molecule has 1 amide bonds. The number of amides is 1. The van der Waals surface area contributed by atoms with Crippen LogP contribution in [0.25, 0.3) is 5.69 Å². The van der Waals surface area contributed by atoms with Crippen molar-refractivity contribution in [2.45, 2.75) is 36.7 Å². The number of nitrogens with one attached hydrogen (secondary N) is 1. The first kappa shape index (κ1) is 22.1. The molecular formula is C22H23Cl2N5OS. The van der Waals surface area contributed by atoms with Crippen molar-refractivity contribution in [1.82, 2.24) is 19.7 Å². The second kappa shape index (κ2) is 10.0. The van der Waals surface area contributed by atoms with Crippen molar-refractivity contribution in [2.24, 2.45) is 0 Å². The number of aromatic nitrogens is 3. The largest absolute Gasteiger partial charge is 0.323 e. The van der Waals surface area contributed by atoms with E-state index < -0.39 is 5.25 Å². The third-order valence-corrected chi connectivity index (χ3v) is 6.81. The molecule has 1 atom stereocenters. The van der Waals surface area contributed by atoms with Gasteiger partial charge in [-0.25, -0.2) is 0 Å². The van der Waals surface area contributed by atoms with E-state index in [-0.39, 0.29) is 5.91 Å². The maximum Gasteiger partial charge on any atom is 0.237 e. The third-order valence-electron chi connectivity index (χ3n) is 5.14. The molecule has 6 nitrogen and oxygen atoms in total. The van der Waals surface area contributed by atoms with Crippen molar-refractivity contribution in [1.29, 1.82) is 0 Å². The van der Waals surface area contributed by atoms with Gasteiger partial charge in [-0.15, -0.1) is 10.2 Å². The number of benzene rings is 2. The average molecular weight is 476 g/mol. The Morgan fingerprint density at radius 2 is 1.74 bits per heavy atom. The Morgan fingerprint density at radius 3 is 2.42 bits per heavy atom. The predicted molar refractivity (Wildman–Crippen MR) is 126 cm³/mol. The van der Waals surface area contributed by atoms with Gasteiger partial charge in [0.15, 0.2) is 11.0 Å². The van der Waals surface area contributed by atoms with Gasteiger partial charge in [0.25, 0.3) is 0 Å². The van der Waals surface area contributed by atoms with Gasteiger partial charge in [0.05, 0.1) is 27.5 Å². The fourth-order valence-corrected chi connectivity index (χ4v) is 4.89. The van der Waals surface area contributed by atoms with Crippen molar-refractivity contribution in [2.75, 3.05) is 18.4 Å². The Morgan fingerprint density at radius 1 is 1.06 bits per heavy atom. The molecule has 2 heterocycles. The summed E-state index contributed by atoms with van der Waals surface area (Å²) < 4.78 is 2.04. The lowest BCUT2D eigenvalue weighted by Crippen LogP contribution is -2.23. The van der Waals surface area contributed by atoms with Crippen LogP contribution in [0, 0.1) is 0 Å². The molecule has 3 aromatic rings. The van der Waals surface area contributed by atoms with Crippen LogP contribution < -0.4 is 5.32 Å². The van der Waals surface area contributed by atoms with Crippen LogP contribution in [0.15, 0.2) is 53.7 Å². The molecule has 162 valence electrons. The Kier molecular flexibility index (Phi) is 7.17. The van der Waals surface area contributed by atoms with Crippen molar-refractivity contribution < 1.29 is 4.79 Å². The zero-order valence-electron chi connectivity index (χ0n) is 17.1. The first-order chi connectivity index (χ1) is 15.0. The summed E-state index contributed by atoms with van der Waals surface area (Å²) in [6, 6.07) is 15.1. The van der Waals surface area contributed by atoms with E-state index in [0.29, 0.717) is 20.9 Å². The molecule has 0 bridgehead atoms. The standard InChI is InChI=1S/C22H23Cl2N5OS/c1-15(21(30)25-20-17(23)10-7-11-18(20)24)31-22-27-26-19(14-28-12-5-6-13-28)29(22)16-8-3-2-4-9-16/h2-4,7-11,15H,5-6,12-14H2,1H3,(H,25,30). The number of likely N-dealkylation sites (tertiary alicyclic amines) is 1. The van der Waals surface area contributed by atoms with Crippen LogP contribution in [0.2, 0.25) is 10.0 Å². The number of hydrogen-bond acceptors (Lipinski definition) is 5. The third kappa shape index (κ3) is 5.23. The van der Waals surface area contributed by atoms with E-state index in [1.807, 2.05) is 41.8 Å². The molecule has 4 rings (SSSR count). The molecule has 31 heavy (non-hydrogen) atoms. The number of para-hydroxylation sites is 2. The maximum atomic E-state index is 12.8. The van der Waals surface area contributed by atoms with Crippen molar-refractivity contribution in [3.63, 3.8) is 0 Å². The second-order valence-electron chi connectivity index (χ2n) is 7.40. The van der Waals surface area contributed by atoms with Gasteiger partial charge < -0.3 is 5.32 Å². The Balaban J connectivity index is 1.55. The maximum absolute atomic E-state index is 12.8. The quantitative estimate of drug-likeness (QED) is 0.470. The molecule has 2 aromatic carbocycles. The number of nitrogens with zero attached hydrogens (tertiary/aromatic N) is 4. The van der Waals surface area contributed by atoms with Gasteiger partial charge in [-0.1, -0.05) is 59.2 Å². The summed E-state index contributed by atoms with van der Waals surface area (Å²) in [6.45, 7) is 4.70. The highest BCUT2D eigenvalue weighted by Gasteiger charge is 2.24. The van der Waals surface area contributed by atoms with Gasteiger partial charge in [-0.05, 0) is 57.1 Å². The fraction of sp³-hybridized carbons (Fsp3) is 0.318. The van der Waals surface area contributed by atoms with E-state index in [2.05, 4.69) is 20.4 Å². The van der Waals surface area contributed by atoms with E-state index in [1.54, 1.807) is 18.2 Å². The summed E-state index contributed by atoms with van der Waals surface area (Å²) in [6.07, 6.45) is 2.42. The summed E-state index contributed by atoms with van der Waals surface area (Å²) >= 11 is 13.7. The van der Waals surface area contributed by atoms with Gasteiger partial charge >= 0.3 is 0 Å². The number of hydrogen-bond donors (Lipinski definition) is 1. The second-order valence-corrected chi connectivity index (χ2v) is 9.52. The molecule has 0 spiro atoms. The van der Waals surface area contributed by atoms with Crippen molar-refractivity contribution >= 4 is 46.6 Å². The van der Waals surface area contributed by atoms with Crippen LogP contribution in [0.3, 0.4) is 0 Å². The predicted octanol–water partition coefficient (Wildman–Crippen LogP) is 5.29. The zero-order valence-corrected chi connectivity index (χ0v) is 19.4. The molecule has 0 radical (unpaired) electrons. The van der Waals surface area contributed by atoms with Crippen molar-refractivity contribution in [3.8, 4) is 5.69 Å². The van der Waals surface area contributed by atoms with Crippen LogP contribution >= 0.6 is 35.0 Å². The lowest BCUT2D eigenvalue weighted by Gasteiger charge is -2.17. The lowest BCUT2D eigenvalue weighted by atomic mass is 10.3. The summed E-state index contributed by atoms with van der Waals surface area (Å²) in [4.78, 5) is 15.2. The minimum atomic E-state index is -0.432. The van der Waals surface area contributed by atoms with Crippen LogP contribution in [-0.4, -0.2) is 43.9 Å². The zero-order chi connectivity index (χ0) is 21.8. The number of rotatable bonds is 7. The number of carbonyl (C=O) groups is 1. The van der Waals surface area contributed by atoms with E-state index in [9.17, 15) is 4.79 Å². The normalized spacial score (nSPS) is 15.2. The number of thioether (sulfide) groups is 1. The summed E-state index contributed by atoms with van der Waals surface area (Å²) in [5.74, 6) is 0.668. The topological polar surface area (TPSA) is 63.1 Å². The van der Waals surface area contributed by atoms with Gasteiger partial charge in [0.2, 0.25) is 5.91 Å². The molecule has 1 saturated heterocycles.